The van der Waals surface area contributed by atoms with Crippen LogP contribution in [-0.4, -0.2) is 39.8 Å². The lowest BCUT2D eigenvalue weighted by molar-refractivity contribution is 0.144. The summed E-state index contributed by atoms with van der Waals surface area (Å²) in [5.74, 6) is 0. The van der Waals surface area contributed by atoms with E-state index in [4.69, 9.17) is 0 Å². The minimum absolute atomic E-state index is 0.187. The number of benzene rings is 2. The Balaban J connectivity index is 2.04. The Hall–Kier alpha value is -1.89. The van der Waals surface area contributed by atoms with Crippen molar-refractivity contribution < 1.29 is 13.5 Å². The first-order valence-corrected chi connectivity index (χ1v) is 9.29. The average molecular weight is 348 g/mol. The number of nitrogens with zero attached hydrogens (tertiary/aromatic N) is 1. The third-order valence-corrected chi connectivity index (χ3v) is 5.44. The highest BCUT2D eigenvalue weighted by atomic mass is 32.2. The molecular formula is C18H24N2O3S. The molecule has 5 nitrogen and oxygen atoms in total. The zero-order chi connectivity index (χ0) is 17.7. The lowest BCUT2D eigenvalue weighted by atomic mass is 10.0. The quantitative estimate of drug-likeness (QED) is 0.803. The molecule has 2 aromatic rings. The van der Waals surface area contributed by atoms with E-state index in [-0.39, 0.29) is 4.90 Å². The maximum atomic E-state index is 12.4. The van der Waals surface area contributed by atoms with Crippen molar-refractivity contribution in [2.75, 3.05) is 19.0 Å². The van der Waals surface area contributed by atoms with Gasteiger partial charge in [-0.25, -0.2) is 13.1 Å². The fraction of sp³-hybridized carbons (Fsp3) is 0.333. The van der Waals surface area contributed by atoms with Crippen LogP contribution >= 0.6 is 0 Å². The van der Waals surface area contributed by atoms with Crippen molar-refractivity contribution in [3.63, 3.8) is 0 Å². The predicted molar refractivity (Wildman–Crippen MR) is 96.7 cm³/mol. The van der Waals surface area contributed by atoms with Crippen molar-refractivity contribution >= 4 is 15.7 Å². The minimum atomic E-state index is -3.67. The summed E-state index contributed by atoms with van der Waals surface area (Å²) in [5, 5.41) is 10.3. The molecule has 2 rings (SSSR count). The van der Waals surface area contributed by atoms with Gasteiger partial charge in [-0.3, -0.25) is 0 Å². The fourth-order valence-electron chi connectivity index (χ4n) is 2.35. The molecule has 2 atom stereocenters. The van der Waals surface area contributed by atoms with Gasteiger partial charge in [-0.1, -0.05) is 30.3 Å². The Morgan fingerprint density at radius 2 is 1.62 bits per heavy atom. The number of hydrogen-bond acceptors (Lipinski definition) is 4. The number of sulfonamides is 1. The summed E-state index contributed by atoms with van der Waals surface area (Å²) in [6, 6.07) is 15.5. The molecule has 0 heterocycles. The van der Waals surface area contributed by atoms with E-state index in [1.807, 2.05) is 49.3 Å². The number of nitrogens with one attached hydrogen (secondary N) is 1. The van der Waals surface area contributed by atoms with Gasteiger partial charge in [-0.2, -0.15) is 0 Å². The van der Waals surface area contributed by atoms with Crippen molar-refractivity contribution in [2.45, 2.75) is 30.4 Å². The number of aliphatic hydroxyl groups is 1. The van der Waals surface area contributed by atoms with Gasteiger partial charge >= 0.3 is 0 Å². The lowest BCUT2D eigenvalue weighted by Crippen LogP contribution is -2.42. The SMILES string of the molecule is C[C@@H](NS(=O)(=O)c1ccc(N(C)C)cc1)[C@H](O)Cc1ccccc1. The fourth-order valence-corrected chi connectivity index (χ4v) is 3.62. The summed E-state index contributed by atoms with van der Waals surface area (Å²) in [6.07, 6.45) is -0.410. The molecule has 24 heavy (non-hydrogen) atoms. The molecule has 0 saturated carbocycles. The first-order chi connectivity index (χ1) is 11.3. The molecule has 6 heteroatoms. The lowest BCUT2D eigenvalue weighted by Gasteiger charge is -2.20. The first kappa shape index (κ1) is 18.4. The summed E-state index contributed by atoms with van der Waals surface area (Å²) >= 11 is 0. The molecule has 0 aliphatic heterocycles. The van der Waals surface area contributed by atoms with Crippen LogP contribution in [0.5, 0.6) is 0 Å². The van der Waals surface area contributed by atoms with E-state index < -0.39 is 22.2 Å². The highest BCUT2D eigenvalue weighted by Gasteiger charge is 2.22. The standard InChI is InChI=1S/C18H24N2O3S/c1-14(18(21)13-15-7-5-4-6-8-15)19-24(22,23)17-11-9-16(10-12-17)20(2)3/h4-12,14,18-19,21H,13H2,1-3H3/t14-,18-/m1/s1. The van der Waals surface area contributed by atoms with E-state index >= 15 is 0 Å². The van der Waals surface area contributed by atoms with Gasteiger partial charge in [-0.15, -0.1) is 0 Å². The van der Waals surface area contributed by atoms with E-state index in [0.29, 0.717) is 6.42 Å². The molecule has 0 saturated heterocycles. The van der Waals surface area contributed by atoms with E-state index in [2.05, 4.69) is 4.72 Å². The zero-order valence-corrected chi connectivity index (χ0v) is 15.0. The molecule has 2 aromatic carbocycles. The zero-order valence-electron chi connectivity index (χ0n) is 14.2. The van der Waals surface area contributed by atoms with Crippen LogP contribution in [0.4, 0.5) is 5.69 Å². The van der Waals surface area contributed by atoms with Crippen LogP contribution in [0, 0.1) is 0 Å². The first-order valence-electron chi connectivity index (χ1n) is 7.81. The molecule has 130 valence electrons. The van der Waals surface area contributed by atoms with Crippen molar-refractivity contribution in [3.8, 4) is 0 Å². The van der Waals surface area contributed by atoms with Gasteiger partial charge in [-0.05, 0) is 43.2 Å². The summed E-state index contributed by atoms with van der Waals surface area (Å²) in [5.41, 5.74) is 1.89. The second kappa shape index (κ2) is 7.79. The third-order valence-electron chi connectivity index (χ3n) is 3.87. The average Bonchev–Trinajstić information content (AvgIpc) is 2.55. The predicted octanol–water partition coefficient (Wildman–Crippen LogP) is 2.02. The number of aliphatic hydroxyl groups excluding tert-OH is 1. The molecule has 2 N–H and O–H groups in total. The van der Waals surface area contributed by atoms with Crippen LogP contribution < -0.4 is 9.62 Å². The molecule has 0 fully saturated rings. The van der Waals surface area contributed by atoms with E-state index in [0.717, 1.165) is 11.3 Å². The summed E-state index contributed by atoms with van der Waals surface area (Å²) < 4.78 is 27.4. The van der Waals surface area contributed by atoms with E-state index in [1.165, 1.54) is 0 Å². The molecular weight excluding hydrogens is 324 g/mol. The van der Waals surface area contributed by atoms with Crippen molar-refractivity contribution in [1.29, 1.82) is 0 Å². The molecule has 0 aliphatic carbocycles. The smallest absolute Gasteiger partial charge is 0.240 e. The highest BCUT2D eigenvalue weighted by Crippen LogP contribution is 2.17. The van der Waals surface area contributed by atoms with Crippen LogP contribution in [-0.2, 0) is 16.4 Å². The molecule has 0 aliphatic rings. The molecule has 0 unspecified atom stereocenters. The van der Waals surface area contributed by atoms with Gasteiger partial charge in [0.1, 0.15) is 0 Å². The Bertz CT molecular complexity index is 744. The van der Waals surface area contributed by atoms with Crippen molar-refractivity contribution in [2.24, 2.45) is 0 Å². The van der Waals surface area contributed by atoms with Crippen LogP contribution in [0.2, 0.25) is 0 Å². The Morgan fingerprint density at radius 1 is 1.04 bits per heavy atom. The normalized spacial score (nSPS) is 14.2. The van der Waals surface area contributed by atoms with Gasteiger partial charge < -0.3 is 10.0 Å². The molecule has 0 amide bonds. The number of hydrogen-bond donors (Lipinski definition) is 2. The van der Waals surface area contributed by atoms with Crippen LogP contribution in [0.3, 0.4) is 0 Å². The molecule has 0 spiro atoms. The maximum absolute atomic E-state index is 12.4. The molecule has 0 bridgehead atoms. The van der Waals surface area contributed by atoms with Crippen LogP contribution in [0.15, 0.2) is 59.5 Å². The number of rotatable bonds is 7. The van der Waals surface area contributed by atoms with Gasteiger partial charge in [0.25, 0.3) is 0 Å². The van der Waals surface area contributed by atoms with Crippen molar-refractivity contribution in [3.05, 3.63) is 60.2 Å². The van der Waals surface area contributed by atoms with Gasteiger partial charge in [0.15, 0.2) is 0 Å². The van der Waals surface area contributed by atoms with Crippen LogP contribution in [0.25, 0.3) is 0 Å². The Morgan fingerprint density at radius 3 is 2.17 bits per heavy atom. The van der Waals surface area contributed by atoms with Gasteiger partial charge in [0.2, 0.25) is 10.0 Å². The second-order valence-electron chi connectivity index (χ2n) is 6.06. The van der Waals surface area contributed by atoms with E-state index in [9.17, 15) is 13.5 Å². The van der Waals surface area contributed by atoms with E-state index in [1.54, 1.807) is 31.2 Å². The van der Waals surface area contributed by atoms with Gasteiger partial charge in [0.05, 0.1) is 11.0 Å². The summed E-state index contributed by atoms with van der Waals surface area (Å²) in [7, 11) is 0.117. The summed E-state index contributed by atoms with van der Waals surface area (Å²) in [6.45, 7) is 1.67. The third kappa shape index (κ3) is 4.80. The Kier molecular flexibility index (Phi) is 5.99. The second-order valence-corrected chi connectivity index (χ2v) is 7.77. The monoisotopic (exact) mass is 348 g/mol. The molecule has 0 radical (unpaired) electrons. The largest absolute Gasteiger partial charge is 0.391 e. The number of anilines is 1. The topological polar surface area (TPSA) is 69.6 Å². The van der Waals surface area contributed by atoms with Crippen molar-refractivity contribution in [1.82, 2.24) is 4.72 Å². The van der Waals surface area contributed by atoms with Crippen LogP contribution in [0.1, 0.15) is 12.5 Å². The minimum Gasteiger partial charge on any atom is -0.391 e. The molecule has 0 aromatic heterocycles. The van der Waals surface area contributed by atoms with Gasteiger partial charge in [0, 0.05) is 25.8 Å². The summed E-state index contributed by atoms with van der Waals surface area (Å²) in [4.78, 5) is 2.09. The maximum Gasteiger partial charge on any atom is 0.240 e. The Labute approximate surface area is 144 Å². The highest BCUT2D eigenvalue weighted by molar-refractivity contribution is 7.89.